The van der Waals surface area contributed by atoms with Gasteiger partial charge in [0.25, 0.3) is 0 Å². The first-order valence-electron chi connectivity index (χ1n) is 8.77. The second-order valence-electron chi connectivity index (χ2n) is 5.56. The molecule has 0 N–H and O–H groups in total. The summed E-state index contributed by atoms with van der Waals surface area (Å²) in [7, 11) is -3.10. The predicted molar refractivity (Wildman–Crippen MR) is 95.8 cm³/mol. The highest BCUT2D eigenvalue weighted by molar-refractivity contribution is 6.62. The number of hydrogen-bond acceptors (Lipinski definition) is 5. The molecule has 0 aliphatic carbocycles. The summed E-state index contributed by atoms with van der Waals surface area (Å²) >= 11 is 0. The third-order valence-electron chi connectivity index (χ3n) is 3.31. The molecule has 0 aromatic heterocycles. The van der Waals surface area contributed by atoms with Gasteiger partial charge in [-0.15, -0.1) is 0 Å². The van der Waals surface area contributed by atoms with Gasteiger partial charge in [-0.3, -0.25) is 0 Å². The molecule has 1 atom stereocenters. The van der Waals surface area contributed by atoms with E-state index in [1.807, 2.05) is 26.8 Å². The van der Waals surface area contributed by atoms with Gasteiger partial charge in [0.15, 0.2) is 5.73 Å². The van der Waals surface area contributed by atoms with Crippen molar-refractivity contribution in [3.05, 3.63) is 35.9 Å². The molecule has 0 aliphatic rings. The van der Waals surface area contributed by atoms with E-state index in [9.17, 15) is 4.79 Å². The van der Waals surface area contributed by atoms with Crippen molar-refractivity contribution in [2.75, 3.05) is 19.8 Å². The minimum Gasteiger partial charge on any atom is -0.454 e. The molecular formula is C18H30O5Si. The van der Waals surface area contributed by atoms with E-state index in [1.165, 1.54) is 0 Å². The molecule has 5 nitrogen and oxygen atoms in total. The maximum Gasteiger partial charge on any atom is 0.543 e. The van der Waals surface area contributed by atoms with Crippen LogP contribution in [0.5, 0.6) is 0 Å². The van der Waals surface area contributed by atoms with Gasteiger partial charge in [-0.1, -0.05) is 39.0 Å². The topological polar surface area (TPSA) is 54.0 Å². The summed E-state index contributed by atoms with van der Waals surface area (Å²) in [6.07, 6.45) is 2.54. The van der Waals surface area contributed by atoms with Crippen molar-refractivity contribution in [3.63, 3.8) is 0 Å². The third kappa shape index (κ3) is 6.35. The molecule has 1 aromatic rings. The minimum absolute atomic E-state index is 0.389. The van der Waals surface area contributed by atoms with Crippen LogP contribution in [0, 0.1) is 0 Å². The maximum absolute atomic E-state index is 12.4. The van der Waals surface area contributed by atoms with Crippen molar-refractivity contribution in [3.8, 4) is 0 Å². The standard InChI is InChI=1S/C18H30O5Si/c1-5-13-20-24(21-14-6-2,22-15-7-3)16(4)23-18(19)17-11-9-8-10-12-17/h8-12,16H,5-7,13-15H2,1-4H3. The van der Waals surface area contributed by atoms with Gasteiger partial charge in [-0.25, -0.2) is 4.79 Å². The Morgan fingerprint density at radius 1 is 0.917 bits per heavy atom. The van der Waals surface area contributed by atoms with Crippen LogP contribution >= 0.6 is 0 Å². The Hall–Kier alpha value is -1.21. The van der Waals surface area contributed by atoms with Crippen LogP contribution < -0.4 is 0 Å². The van der Waals surface area contributed by atoms with Crippen molar-refractivity contribution in [2.24, 2.45) is 0 Å². The summed E-state index contributed by atoms with van der Waals surface area (Å²) in [5.41, 5.74) is -0.0522. The Kier molecular flexibility index (Phi) is 9.86. The quantitative estimate of drug-likeness (QED) is 0.420. The second-order valence-corrected chi connectivity index (χ2v) is 8.45. The SMILES string of the molecule is CCCO[Si](OCCC)(OCCC)C(C)OC(=O)c1ccccc1. The lowest BCUT2D eigenvalue weighted by molar-refractivity contribution is -0.00317. The van der Waals surface area contributed by atoms with Crippen LogP contribution in [0.3, 0.4) is 0 Å². The summed E-state index contributed by atoms with van der Waals surface area (Å²) in [5.74, 6) is -0.389. The highest BCUT2D eigenvalue weighted by Crippen LogP contribution is 2.20. The molecule has 136 valence electrons. The molecule has 1 rings (SSSR count). The summed E-state index contributed by atoms with van der Waals surface area (Å²) in [6.45, 7) is 9.44. The molecule has 24 heavy (non-hydrogen) atoms. The third-order valence-corrected chi connectivity index (χ3v) is 6.25. The van der Waals surface area contributed by atoms with E-state index in [0.29, 0.717) is 25.4 Å². The van der Waals surface area contributed by atoms with Crippen LogP contribution in [0.15, 0.2) is 30.3 Å². The van der Waals surface area contributed by atoms with Crippen LogP contribution in [0.4, 0.5) is 0 Å². The monoisotopic (exact) mass is 354 g/mol. The average Bonchev–Trinajstić information content (AvgIpc) is 2.62. The Balaban J connectivity index is 2.89. The zero-order valence-electron chi connectivity index (χ0n) is 15.2. The fourth-order valence-corrected chi connectivity index (χ4v) is 4.76. The maximum atomic E-state index is 12.4. The summed E-state index contributed by atoms with van der Waals surface area (Å²) < 4.78 is 23.6. The molecule has 0 saturated carbocycles. The van der Waals surface area contributed by atoms with Crippen LogP contribution in [0.25, 0.3) is 0 Å². The molecule has 0 radical (unpaired) electrons. The lowest BCUT2D eigenvalue weighted by Gasteiger charge is -2.33. The molecule has 0 bridgehead atoms. The van der Waals surface area contributed by atoms with Gasteiger partial charge >= 0.3 is 14.8 Å². The van der Waals surface area contributed by atoms with E-state index in [0.717, 1.165) is 19.3 Å². The number of rotatable bonds is 12. The molecule has 6 heteroatoms. The lowest BCUT2D eigenvalue weighted by Crippen LogP contribution is -2.57. The highest BCUT2D eigenvalue weighted by atomic mass is 28.4. The highest BCUT2D eigenvalue weighted by Gasteiger charge is 2.50. The van der Waals surface area contributed by atoms with Crippen molar-refractivity contribution in [2.45, 2.75) is 52.7 Å². The number of ether oxygens (including phenoxy) is 1. The Morgan fingerprint density at radius 2 is 1.38 bits per heavy atom. The van der Waals surface area contributed by atoms with Gasteiger partial charge in [-0.05, 0) is 38.3 Å². The number of esters is 1. The first kappa shape index (κ1) is 20.8. The molecule has 1 unspecified atom stereocenters. The number of benzene rings is 1. The van der Waals surface area contributed by atoms with Crippen molar-refractivity contribution in [1.82, 2.24) is 0 Å². The van der Waals surface area contributed by atoms with Gasteiger partial charge in [0.05, 0.1) is 5.56 Å². The second kappa shape index (κ2) is 11.4. The molecule has 0 saturated heterocycles. The van der Waals surface area contributed by atoms with Gasteiger partial charge in [-0.2, -0.15) is 0 Å². The molecule has 1 aromatic carbocycles. The largest absolute Gasteiger partial charge is 0.543 e. The zero-order valence-corrected chi connectivity index (χ0v) is 16.2. The number of carbonyl (C=O) groups excluding carboxylic acids is 1. The summed E-state index contributed by atoms with van der Waals surface area (Å²) in [6, 6.07) is 8.93. The molecule has 0 amide bonds. The van der Waals surface area contributed by atoms with E-state index in [1.54, 1.807) is 31.2 Å². The zero-order chi connectivity index (χ0) is 17.8. The fraction of sp³-hybridized carbons (Fsp3) is 0.611. The van der Waals surface area contributed by atoms with Crippen LogP contribution in [0.1, 0.15) is 57.3 Å². The van der Waals surface area contributed by atoms with Crippen molar-refractivity contribution >= 4 is 14.8 Å². The number of hydrogen-bond donors (Lipinski definition) is 0. The molecule has 0 heterocycles. The number of carbonyl (C=O) groups is 1. The Labute approximate surface area is 146 Å². The van der Waals surface area contributed by atoms with E-state index in [4.69, 9.17) is 18.0 Å². The van der Waals surface area contributed by atoms with Gasteiger partial charge in [0, 0.05) is 19.8 Å². The van der Waals surface area contributed by atoms with Crippen LogP contribution in [0.2, 0.25) is 0 Å². The van der Waals surface area contributed by atoms with Gasteiger partial charge in [0.1, 0.15) is 0 Å². The minimum atomic E-state index is -3.10. The van der Waals surface area contributed by atoms with Crippen LogP contribution in [-0.4, -0.2) is 40.3 Å². The van der Waals surface area contributed by atoms with E-state index >= 15 is 0 Å². The summed E-state index contributed by atoms with van der Waals surface area (Å²) in [5, 5.41) is 0. The first-order valence-corrected chi connectivity index (χ1v) is 10.6. The fourth-order valence-electron chi connectivity index (χ4n) is 2.09. The Bertz CT molecular complexity index is 444. The van der Waals surface area contributed by atoms with Crippen molar-refractivity contribution in [1.29, 1.82) is 0 Å². The molecular weight excluding hydrogens is 324 g/mol. The average molecular weight is 355 g/mol. The van der Waals surface area contributed by atoms with E-state index in [2.05, 4.69) is 0 Å². The van der Waals surface area contributed by atoms with Gasteiger partial charge in [0.2, 0.25) is 0 Å². The normalized spacial score (nSPS) is 12.8. The molecule has 0 spiro atoms. The predicted octanol–water partition coefficient (Wildman–Crippen LogP) is 3.99. The Morgan fingerprint density at radius 3 is 1.79 bits per heavy atom. The lowest BCUT2D eigenvalue weighted by atomic mass is 10.2. The molecule has 0 aliphatic heterocycles. The summed E-state index contributed by atoms with van der Waals surface area (Å²) in [4.78, 5) is 12.4. The van der Waals surface area contributed by atoms with Crippen molar-refractivity contribution < 1.29 is 22.8 Å². The van der Waals surface area contributed by atoms with Crippen LogP contribution in [-0.2, 0) is 18.0 Å². The smallest absolute Gasteiger partial charge is 0.454 e. The molecule has 0 fully saturated rings. The van der Waals surface area contributed by atoms with E-state index in [-0.39, 0.29) is 5.97 Å². The van der Waals surface area contributed by atoms with E-state index < -0.39 is 14.5 Å². The van der Waals surface area contributed by atoms with Gasteiger partial charge < -0.3 is 18.0 Å². The first-order chi connectivity index (χ1) is 11.6.